The largest absolute Gasteiger partial charge is 0.469 e. The van der Waals surface area contributed by atoms with Gasteiger partial charge in [-0.3, -0.25) is 0 Å². The number of aliphatic hydroxyl groups is 1. The van der Waals surface area contributed by atoms with Crippen LogP contribution in [-0.4, -0.2) is 18.3 Å². The summed E-state index contributed by atoms with van der Waals surface area (Å²) in [6, 6.07) is 2.58. The average molecular weight is 235 g/mol. The van der Waals surface area contributed by atoms with Gasteiger partial charge in [-0.2, -0.15) is 0 Å². The molecule has 0 aliphatic heterocycles. The first-order valence-corrected chi connectivity index (χ1v) is 6.73. The zero-order chi connectivity index (χ0) is 11.7. The van der Waals surface area contributed by atoms with Crippen LogP contribution < -0.4 is 5.32 Å². The molecule has 0 aromatic carbocycles. The van der Waals surface area contributed by atoms with Gasteiger partial charge < -0.3 is 14.8 Å². The minimum absolute atomic E-state index is 0.323. The lowest BCUT2D eigenvalue weighted by atomic mass is 9.92. The van der Waals surface area contributed by atoms with Crippen LogP contribution in [0.25, 0.3) is 0 Å². The standard InChI is InChI=1S/C14H21NO2/c16-8-7-14(5-6-14)10-15-12-2-1-3-13-11(12)4-9-17-13/h4,9,12,15-16H,1-3,5-8,10H2. The highest BCUT2D eigenvalue weighted by Gasteiger charge is 2.42. The number of hydrogen-bond acceptors (Lipinski definition) is 3. The van der Waals surface area contributed by atoms with Gasteiger partial charge in [0.1, 0.15) is 5.76 Å². The highest BCUT2D eigenvalue weighted by molar-refractivity contribution is 5.24. The molecule has 0 spiro atoms. The van der Waals surface area contributed by atoms with E-state index in [4.69, 9.17) is 9.52 Å². The molecule has 2 aliphatic carbocycles. The Balaban J connectivity index is 1.60. The molecule has 1 fully saturated rings. The first kappa shape index (κ1) is 11.3. The van der Waals surface area contributed by atoms with Crippen molar-refractivity contribution < 1.29 is 9.52 Å². The van der Waals surface area contributed by atoms with Crippen LogP contribution in [0.4, 0.5) is 0 Å². The first-order valence-electron chi connectivity index (χ1n) is 6.73. The average Bonchev–Trinajstić information content (AvgIpc) is 2.92. The lowest BCUT2D eigenvalue weighted by molar-refractivity contribution is 0.240. The zero-order valence-electron chi connectivity index (χ0n) is 10.2. The fraction of sp³-hybridized carbons (Fsp3) is 0.714. The number of rotatable bonds is 5. The van der Waals surface area contributed by atoms with E-state index in [1.807, 2.05) is 6.26 Å². The van der Waals surface area contributed by atoms with E-state index in [1.54, 1.807) is 0 Å². The molecule has 1 unspecified atom stereocenters. The van der Waals surface area contributed by atoms with E-state index < -0.39 is 0 Å². The van der Waals surface area contributed by atoms with Crippen molar-refractivity contribution in [1.82, 2.24) is 5.32 Å². The van der Waals surface area contributed by atoms with Crippen LogP contribution in [0.3, 0.4) is 0 Å². The van der Waals surface area contributed by atoms with Crippen molar-refractivity contribution >= 4 is 0 Å². The van der Waals surface area contributed by atoms with Crippen molar-refractivity contribution in [2.24, 2.45) is 5.41 Å². The van der Waals surface area contributed by atoms with Gasteiger partial charge >= 0.3 is 0 Å². The zero-order valence-corrected chi connectivity index (χ0v) is 10.2. The SMILES string of the molecule is OCCC1(CNC2CCCc3occc32)CC1. The topological polar surface area (TPSA) is 45.4 Å². The maximum atomic E-state index is 9.06. The molecule has 1 atom stereocenters. The summed E-state index contributed by atoms with van der Waals surface area (Å²) in [5, 5.41) is 12.7. The second-order valence-electron chi connectivity index (χ2n) is 5.60. The normalized spacial score (nSPS) is 25.6. The van der Waals surface area contributed by atoms with Crippen molar-refractivity contribution in [2.45, 2.75) is 44.6 Å². The summed E-state index contributed by atoms with van der Waals surface area (Å²) in [4.78, 5) is 0. The highest BCUT2D eigenvalue weighted by atomic mass is 16.3. The van der Waals surface area contributed by atoms with Crippen molar-refractivity contribution in [3.63, 3.8) is 0 Å². The molecule has 2 N–H and O–H groups in total. The van der Waals surface area contributed by atoms with Gasteiger partial charge in [0.25, 0.3) is 0 Å². The molecule has 3 rings (SSSR count). The van der Waals surface area contributed by atoms with Gasteiger partial charge in [0.05, 0.1) is 6.26 Å². The molecule has 1 heterocycles. The predicted octanol–water partition coefficient (Wildman–Crippen LogP) is 2.41. The summed E-state index contributed by atoms with van der Waals surface area (Å²) in [5.41, 5.74) is 1.76. The Kier molecular flexibility index (Phi) is 2.97. The minimum atomic E-state index is 0.323. The Labute approximate surface area is 102 Å². The Morgan fingerprint density at radius 2 is 2.35 bits per heavy atom. The van der Waals surface area contributed by atoms with Crippen LogP contribution in [-0.2, 0) is 6.42 Å². The van der Waals surface area contributed by atoms with Gasteiger partial charge in [0, 0.05) is 31.2 Å². The molecule has 0 bridgehead atoms. The number of fused-ring (bicyclic) bond motifs is 1. The molecule has 0 radical (unpaired) electrons. The maximum Gasteiger partial charge on any atom is 0.108 e. The monoisotopic (exact) mass is 235 g/mol. The summed E-state index contributed by atoms with van der Waals surface area (Å²) in [5.74, 6) is 1.17. The van der Waals surface area contributed by atoms with E-state index in [9.17, 15) is 0 Å². The molecular weight excluding hydrogens is 214 g/mol. The number of hydrogen-bond donors (Lipinski definition) is 2. The van der Waals surface area contributed by atoms with E-state index in [-0.39, 0.29) is 0 Å². The fourth-order valence-electron chi connectivity index (χ4n) is 2.97. The molecule has 1 saturated carbocycles. The van der Waals surface area contributed by atoms with E-state index in [1.165, 1.54) is 37.0 Å². The van der Waals surface area contributed by atoms with Gasteiger partial charge in [0.15, 0.2) is 0 Å². The highest BCUT2D eigenvalue weighted by Crippen LogP contribution is 2.48. The molecular formula is C14H21NO2. The Bertz CT molecular complexity index is 381. The van der Waals surface area contributed by atoms with Crippen LogP contribution in [0.2, 0.25) is 0 Å². The van der Waals surface area contributed by atoms with E-state index in [0.29, 0.717) is 18.1 Å². The van der Waals surface area contributed by atoms with Crippen molar-refractivity contribution in [1.29, 1.82) is 0 Å². The lowest BCUT2D eigenvalue weighted by Gasteiger charge is -2.25. The molecule has 0 saturated heterocycles. The fourth-order valence-corrected chi connectivity index (χ4v) is 2.97. The van der Waals surface area contributed by atoms with Crippen LogP contribution in [0.15, 0.2) is 16.7 Å². The van der Waals surface area contributed by atoms with E-state index in [2.05, 4.69) is 11.4 Å². The lowest BCUT2D eigenvalue weighted by Crippen LogP contribution is -2.30. The van der Waals surface area contributed by atoms with E-state index in [0.717, 1.165) is 19.4 Å². The summed E-state index contributed by atoms with van der Waals surface area (Å²) in [6.07, 6.45) is 8.81. The van der Waals surface area contributed by atoms with Gasteiger partial charge in [-0.25, -0.2) is 0 Å². The third kappa shape index (κ3) is 2.26. The molecule has 17 heavy (non-hydrogen) atoms. The van der Waals surface area contributed by atoms with Crippen molar-refractivity contribution in [3.8, 4) is 0 Å². The molecule has 1 aromatic heterocycles. The Morgan fingerprint density at radius 3 is 3.12 bits per heavy atom. The second kappa shape index (κ2) is 4.46. The maximum absolute atomic E-state index is 9.06. The van der Waals surface area contributed by atoms with Gasteiger partial charge in [-0.1, -0.05) is 0 Å². The van der Waals surface area contributed by atoms with Crippen LogP contribution >= 0.6 is 0 Å². The number of aryl methyl sites for hydroxylation is 1. The number of nitrogens with one attached hydrogen (secondary N) is 1. The quantitative estimate of drug-likeness (QED) is 0.823. The summed E-state index contributed by atoms with van der Waals surface area (Å²) in [6.45, 7) is 1.37. The van der Waals surface area contributed by atoms with Gasteiger partial charge in [0.2, 0.25) is 0 Å². The van der Waals surface area contributed by atoms with E-state index >= 15 is 0 Å². The molecule has 1 aromatic rings. The Morgan fingerprint density at radius 1 is 1.47 bits per heavy atom. The third-order valence-corrected chi connectivity index (χ3v) is 4.37. The predicted molar refractivity (Wildman–Crippen MR) is 65.8 cm³/mol. The smallest absolute Gasteiger partial charge is 0.108 e. The number of aliphatic hydroxyl groups excluding tert-OH is 1. The molecule has 94 valence electrons. The van der Waals surface area contributed by atoms with Crippen molar-refractivity contribution in [3.05, 3.63) is 23.7 Å². The summed E-state index contributed by atoms with van der Waals surface area (Å²) < 4.78 is 5.50. The molecule has 3 nitrogen and oxygen atoms in total. The summed E-state index contributed by atoms with van der Waals surface area (Å²) in [7, 11) is 0. The second-order valence-corrected chi connectivity index (χ2v) is 5.60. The molecule has 2 aliphatic rings. The van der Waals surface area contributed by atoms with Gasteiger partial charge in [-0.15, -0.1) is 0 Å². The molecule has 0 amide bonds. The van der Waals surface area contributed by atoms with Crippen molar-refractivity contribution in [2.75, 3.05) is 13.2 Å². The first-order chi connectivity index (χ1) is 8.33. The van der Waals surface area contributed by atoms with Crippen LogP contribution in [0.5, 0.6) is 0 Å². The van der Waals surface area contributed by atoms with Crippen LogP contribution in [0, 0.1) is 5.41 Å². The number of furan rings is 1. The minimum Gasteiger partial charge on any atom is -0.469 e. The third-order valence-electron chi connectivity index (χ3n) is 4.37. The van der Waals surface area contributed by atoms with Crippen LogP contribution in [0.1, 0.15) is 49.5 Å². The molecule has 3 heteroatoms. The summed E-state index contributed by atoms with van der Waals surface area (Å²) >= 11 is 0. The Hall–Kier alpha value is -0.800. The van der Waals surface area contributed by atoms with Gasteiger partial charge in [-0.05, 0) is 43.6 Å².